The second kappa shape index (κ2) is 8.18. The lowest BCUT2D eigenvalue weighted by molar-refractivity contribution is 0.0930. The quantitative estimate of drug-likeness (QED) is 0.696. The number of hydrogen-bond donors (Lipinski definition) is 1. The van der Waals surface area contributed by atoms with E-state index in [0.717, 1.165) is 22.4 Å². The van der Waals surface area contributed by atoms with E-state index >= 15 is 0 Å². The largest absolute Gasteiger partial charge is 0.497 e. The third-order valence-corrected chi connectivity index (χ3v) is 4.84. The predicted molar refractivity (Wildman–Crippen MR) is 107 cm³/mol. The highest BCUT2D eigenvalue weighted by Crippen LogP contribution is 2.38. The van der Waals surface area contributed by atoms with Crippen molar-refractivity contribution in [3.05, 3.63) is 66.2 Å². The number of ether oxygens (including phenoxy) is 3. The fourth-order valence-corrected chi connectivity index (χ4v) is 3.41. The molecular weight excluding hydrogens is 370 g/mol. The van der Waals surface area contributed by atoms with Gasteiger partial charge in [-0.05, 0) is 23.8 Å². The summed E-state index contributed by atoms with van der Waals surface area (Å²) in [7, 11) is 3.09. The molecule has 0 bridgehead atoms. The third-order valence-electron chi connectivity index (χ3n) is 4.84. The highest BCUT2D eigenvalue weighted by molar-refractivity contribution is 5.97. The van der Waals surface area contributed by atoms with Gasteiger partial charge in [0.05, 0.1) is 26.3 Å². The molecule has 0 saturated carbocycles. The Morgan fingerprint density at radius 1 is 1.17 bits per heavy atom. The van der Waals surface area contributed by atoms with Gasteiger partial charge in [-0.2, -0.15) is 0 Å². The zero-order valence-electron chi connectivity index (χ0n) is 16.2. The monoisotopic (exact) mass is 391 g/mol. The lowest BCUT2D eigenvalue weighted by Gasteiger charge is -2.15. The molecule has 1 aromatic heterocycles. The van der Waals surface area contributed by atoms with E-state index in [4.69, 9.17) is 14.2 Å². The van der Waals surface area contributed by atoms with Crippen molar-refractivity contribution in [1.29, 1.82) is 0 Å². The number of nitrogens with zero attached hydrogens (tertiary/aromatic N) is 2. The Bertz CT molecular complexity index is 1020. The molecule has 2 heterocycles. The molecule has 148 valence electrons. The first-order valence-corrected chi connectivity index (χ1v) is 9.23. The van der Waals surface area contributed by atoms with Crippen LogP contribution in [0.1, 0.15) is 15.9 Å². The molecule has 7 heteroatoms. The Morgan fingerprint density at radius 3 is 2.76 bits per heavy atom. The molecule has 1 aliphatic rings. The van der Waals surface area contributed by atoms with Crippen molar-refractivity contribution in [3.8, 4) is 28.4 Å². The van der Waals surface area contributed by atoms with Crippen molar-refractivity contribution in [1.82, 2.24) is 15.3 Å². The zero-order chi connectivity index (χ0) is 20.2. The third kappa shape index (κ3) is 3.85. The number of fused-ring (bicyclic) bond motifs is 1. The van der Waals surface area contributed by atoms with E-state index in [0.29, 0.717) is 30.0 Å². The van der Waals surface area contributed by atoms with Crippen LogP contribution in [0, 0.1) is 0 Å². The molecule has 0 spiro atoms. The summed E-state index contributed by atoms with van der Waals surface area (Å²) in [5.41, 5.74) is 3.37. The summed E-state index contributed by atoms with van der Waals surface area (Å²) < 4.78 is 16.7. The molecule has 0 aliphatic carbocycles. The first-order chi connectivity index (χ1) is 14.2. The number of aromatic nitrogens is 2. The minimum absolute atomic E-state index is 0.156. The average molecular weight is 391 g/mol. The molecule has 0 radical (unpaired) electrons. The number of carbonyl (C=O) groups is 1. The number of para-hydroxylation sites is 1. The number of carbonyl (C=O) groups excluding carboxylic acids is 1. The molecule has 0 saturated heterocycles. The number of nitrogens with one attached hydrogen (secondary N) is 1. The molecule has 3 aromatic rings. The Kier molecular flexibility index (Phi) is 5.29. The van der Waals surface area contributed by atoms with Gasteiger partial charge in [0.15, 0.2) is 0 Å². The van der Waals surface area contributed by atoms with Gasteiger partial charge in [-0.1, -0.05) is 18.2 Å². The zero-order valence-corrected chi connectivity index (χ0v) is 16.2. The highest BCUT2D eigenvalue weighted by Gasteiger charge is 2.26. The maximum atomic E-state index is 12.7. The van der Waals surface area contributed by atoms with Crippen LogP contribution < -0.4 is 19.5 Å². The van der Waals surface area contributed by atoms with Gasteiger partial charge in [-0.25, -0.2) is 9.97 Å². The van der Waals surface area contributed by atoms with Crippen LogP contribution in [-0.4, -0.2) is 42.7 Å². The molecule has 1 unspecified atom stereocenters. The Morgan fingerprint density at radius 2 is 2.00 bits per heavy atom. The first kappa shape index (κ1) is 18.7. The molecular formula is C22H21N3O4. The minimum atomic E-state index is -0.239. The van der Waals surface area contributed by atoms with Crippen molar-refractivity contribution < 1.29 is 19.0 Å². The van der Waals surface area contributed by atoms with Crippen molar-refractivity contribution >= 4 is 5.91 Å². The van der Waals surface area contributed by atoms with Crippen molar-refractivity contribution in [2.45, 2.75) is 12.5 Å². The predicted octanol–water partition coefficient (Wildman–Crippen LogP) is 2.89. The van der Waals surface area contributed by atoms with Crippen molar-refractivity contribution in [3.63, 3.8) is 0 Å². The summed E-state index contributed by atoms with van der Waals surface area (Å²) in [4.78, 5) is 20.9. The van der Waals surface area contributed by atoms with Gasteiger partial charge in [0.2, 0.25) is 0 Å². The lowest BCUT2D eigenvalue weighted by Crippen LogP contribution is -2.34. The molecule has 1 aliphatic heterocycles. The maximum Gasteiger partial charge on any atom is 0.255 e. The standard InChI is InChI=1S/C22H21N3O4/c1-27-16-6-7-20(28-2)19(9-16)22(26)25-12-17-8-14-4-3-5-18(21(14)29-17)15-10-23-13-24-11-15/h3-7,9-11,13,17H,8,12H2,1-2H3,(H,25,26). The van der Waals surface area contributed by atoms with Crippen LogP contribution >= 0.6 is 0 Å². The van der Waals surface area contributed by atoms with Crippen LogP contribution in [0.4, 0.5) is 0 Å². The van der Waals surface area contributed by atoms with E-state index in [-0.39, 0.29) is 12.0 Å². The second-order valence-electron chi connectivity index (χ2n) is 6.64. The second-order valence-corrected chi connectivity index (χ2v) is 6.64. The molecule has 0 fully saturated rings. The summed E-state index contributed by atoms with van der Waals surface area (Å²) in [5, 5.41) is 2.94. The van der Waals surface area contributed by atoms with Gasteiger partial charge in [0, 0.05) is 29.9 Å². The van der Waals surface area contributed by atoms with Gasteiger partial charge in [-0.3, -0.25) is 4.79 Å². The Labute approximate surface area is 168 Å². The van der Waals surface area contributed by atoms with Crippen LogP contribution in [0.2, 0.25) is 0 Å². The van der Waals surface area contributed by atoms with E-state index in [2.05, 4.69) is 15.3 Å². The van der Waals surface area contributed by atoms with Crippen LogP contribution in [0.5, 0.6) is 17.2 Å². The van der Waals surface area contributed by atoms with Gasteiger partial charge < -0.3 is 19.5 Å². The minimum Gasteiger partial charge on any atom is -0.497 e. The number of hydrogen-bond acceptors (Lipinski definition) is 6. The van der Waals surface area contributed by atoms with Crippen LogP contribution in [-0.2, 0) is 6.42 Å². The number of amides is 1. The number of benzene rings is 2. The van der Waals surface area contributed by atoms with Crippen LogP contribution in [0.25, 0.3) is 11.1 Å². The summed E-state index contributed by atoms with van der Waals surface area (Å²) >= 11 is 0. The van der Waals surface area contributed by atoms with Crippen molar-refractivity contribution in [2.24, 2.45) is 0 Å². The van der Waals surface area contributed by atoms with Gasteiger partial charge >= 0.3 is 0 Å². The van der Waals surface area contributed by atoms with Crippen LogP contribution in [0.15, 0.2) is 55.1 Å². The summed E-state index contributed by atoms with van der Waals surface area (Å²) in [6.45, 7) is 0.374. The summed E-state index contributed by atoms with van der Waals surface area (Å²) in [6, 6.07) is 11.1. The van der Waals surface area contributed by atoms with Gasteiger partial charge in [-0.15, -0.1) is 0 Å². The van der Waals surface area contributed by atoms with Crippen molar-refractivity contribution in [2.75, 3.05) is 20.8 Å². The van der Waals surface area contributed by atoms with Gasteiger partial charge in [0.25, 0.3) is 5.91 Å². The molecule has 1 atom stereocenters. The lowest BCUT2D eigenvalue weighted by atomic mass is 10.0. The maximum absolute atomic E-state index is 12.7. The number of rotatable bonds is 6. The fourth-order valence-electron chi connectivity index (χ4n) is 3.41. The SMILES string of the molecule is COc1ccc(OC)c(C(=O)NCC2Cc3cccc(-c4cncnc4)c3O2)c1. The molecule has 2 aromatic carbocycles. The normalized spacial score (nSPS) is 14.6. The van der Waals surface area contributed by atoms with E-state index in [1.54, 1.807) is 37.7 Å². The van der Waals surface area contributed by atoms with E-state index < -0.39 is 0 Å². The Balaban J connectivity index is 1.46. The van der Waals surface area contributed by atoms with E-state index in [1.807, 2.05) is 18.2 Å². The summed E-state index contributed by atoms with van der Waals surface area (Å²) in [6.07, 6.45) is 5.58. The van der Waals surface area contributed by atoms with E-state index in [9.17, 15) is 4.79 Å². The average Bonchev–Trinajstić information content (AvgIpc) is 3.20. The smallest absolute Gasteiger partial charge is 0.255 e. The van der Waals surface area contributed by atoms with E-state index in [1.165, 1.54) is 13.4 Å². The molecule has 4 rings (SSSR count). The molecule has 1 amide bonds. The summed E-state index contributed by atoms with van der Waals surface area (Å²) in [5.74, 6) is 1.66. The molecule has 1 N–H and O–H groups in total. The fraction of sp³-hybridized carbons (Fsp3) is 0.227. The molecule has 29 heavy (non-hydrogen) atoms. The van der Waals surface area contributed by atoms with Crippen LogP contribution in [0.3, 0.4) is 0 Å². The number of methoxy groups -OCH3 is 2. The van der Waals surface area contributed by atoms with Gasteiger partial charge in [0.1, 0.15) is 29.7 Å². The molecule has 7 nitrogen and oxygen atoms in total. The first-order valence-electron chi connectivity index (χ1n) is 9.23. The topological polar surface area (TPSA) is 82.6 Å². The Hall–Kier alpha value is -3.61. The highest BCUT2D eigenvalue weighted by atomic mass is 16.5.